The molecule has 53 heavy (non-hydrogen) atoms. The summed E-state index contributed by atoms with van der Waals surface area (Å²) >= 11 is 6.62. The molecule has 0 radical (unpaired) electrons. The lowest BCUT2D eigenvalue weighted by atomic mass is 9.93. The average molecular weight is 762 g/mol. The van der Waals surface area contributed by atoms with Crippen molar-refractivity contribution >= 4 is 55.3 Å². The van der Waals surface area contributed by atoms with Crippen LogP contribution >= 0.6 is 11.6 Å². The Morgan fingerprint density at radius 3 is 2.49 bits per heavy atom. The molecule has 274 valence electrons. The Hall–Kier alpha value is -5.56. The minimum absolute atomic E-state index is 0.00285. The van der Waals surface area contributed by atoms with Gasteiger partial charge in [0.25, 0.3) is 0 Å². The van der Waals surface area contributed by atoms with Crippen LogP contribution in [0.15, 0.2) is 60.8 Å². The number of ether oxygens (including phenoxy) is 1. The van der Waals surface area contributed by atoms with Crippen LogP contribution in [0.1, 0.15) is 42.4 Å². The van der Waals surface area contributed by atoms with Crippen molar-refractivity contribution in [1.82, 2.24) is 30.0 Å². The van der Waals surface area contributed by atoms with Crippen LogP contribution in [0.25, 0.3) is 33.1 Å². The zero-order valence-electron chi connectivity index (χ0n) is 29.2. The number of aryl methyl sites for hydroxylation is 1. The number of pyridine rings is 2. The van der Waals surface area contributed by atoms with Crippen molar-refractivity contribution in [1.29, 1.82) is 0 Å². The molecule has 0 bridgehead atoms. The number of aromatic amines is 1. The van der Waals surface area contributed by atoms with Crippen molar-refractivity contribution in [3.05, 3.63) is 100.0 Å². The molecule has 12 nitrogen and oxygen atoms in total. The molecule has 0 saturated heterocycles. The molecule has 0 saturated carbocycles. The predicted molar refractivity (Wildman–Crippen MR) is 198 cm³/mol. The van der Waals surface area contributed by atoms with Gasteiger partial charge in [-0.2, -0.15) is 5.10 Å². The summed E-state index contributed by atoms with van der Waals surface area (Å²) in [6.07, 6.45) is 2.42. The first-order chi connectivity index (χ1) is 25.0. The summed E-state index contributed by atoms with van der Waals surface area (Å²) in [7, 11) is -0.642. The smallest absolute Gasteiger partial charge is 0.231 e. The number of aliphatic hydroxyl groups is 1. The molecule has 16 heteroatoms. The Morgan fingerprint density at radius 2 is 1.81 bits per heavy atom. The number of aromatic nitrogens is 5. The van der Waals surface area contributed by atoms with Gasteiger partial charge in [-0.15, -0.1) is 0 Å². The Kier molecular flexibility index (Phi) is 10.1. The normalized spacial score (nSPS) is 12.4. The van der Waals surface area contributed by atoms with E-state index in [9.17, 15) is 27.1 Å². The highest BCUT2D eigenvalue weighted by molar-refractivity contribution is 7.92. The molecular formula is C37H34ClF2N7O5S. The molecule has 4 N–H and O–H groups in total. The van der Waals surface area contributed by atoms with Crippen LogP contribution in [0.5, 0.6) is 5.88 Å². The van der Waals surface area contributed by atoms with Gasteiger partial charge in [-0.05, 0) is 68.2 Å². The number of halogens is 3. The number of nitrogens with zero attached hydrogens (tertiary/aromatic N) is 4. The van der Waals surface area contributed by atoms with Crippen molar-refractivity contribution in [2.75, 3.05) is 18.1 Å². The van der Waals surface area contributed by atoms with Crippen LogP contribution in [0.3, 0.4) is 0 Å². The summed E-state index contributed by atoms with van der Waals surface area (Å²) in [6, 6.07) is 12.1. The van der Waals surface area contributed by atoms with Gasteiger partial charge < -0.3 is 20.1 Å². The first kappa shape index (κ1) is 37.2. The Bertz CT molecular complexity index is 2550. The van der Waals surface area contributed by atoms with Crippen LogP contribution in [0.2, 0.25) is 5.02 Å². The number of hydrogen-bond acceptors (Lipinski definition) is 8. The van der Waals surface area contributed by atoms with Crippen molar-refractivity contribution < 1.29 is 31.8 Å². The number of sulfonamides is 1. The standard InChI is InChI=1S/C37H34ClF2N7O5S/c1-37(2,49)13-12-24-6-7-25(26-8-9-27(38)32-35(26)47(3)45-36(32)46-53(5,50)51)34(42-24)29(16-20-14-22(39)18-23(40)15-20)43-30(48)17-21-19-41-28-10-11-31(52-4)44-33(21)28/h6-11,14-15,18-19,29,41,49H,16-17H2,1-5H3,(H,43,48)(H,45,46). The lowest BCUT2D eigenvalue weighted by Crippen LogP contribution is -2.32. The molecule has 0 fully saturated rings. The van der Waals surface area contributed by atoms with Gasteiger partial charge in [-0.1, -0.05) is 23.6 Å². The molecule has 4 aromatic heterocycles. The number of carbonyl (C=O) groups is 1. The molecule has 6 aromatic rings. The van der Waals surface area contributed by atoms with Gasteiger partial charge in [-0.3, -0.25) is 14.2 Å². The van der Waals surface area contributed by atoms with E-state index in [4.69, 9.17) is 21.3 Å². The average Bonchev–Trinajstić information content (AvgIpc) is 3.61. The quantitative estimate of drug-likeness (QED) is 0.131. The molecule has 0 spiro atoms. The third-order valence-electron chi connectivity index (χ3n) is 8.09. The van der Waals surface area contributed by atoms with E-state index < -0.39 is 39.2 Å². The number of hydrogen-bond donors (Lipinski definition) is 4. The SMILES string of the molecule is COc1ccc2[nH]cc(CC(=O)NC(Cc3cc(F)cc(F)c3)c3nc(C#CC(C)(C)O)ccc3-c3ccc(Cl)c4c(NS(C)(=O)=O)nn(C)c34)c2n1. The van der Waals surface area contributed by atoms with Gasteiger partial charge in [0, 0.05) is 42.1 Å². The van der Waals surface area contributed by atoms with Gasteiger partial charge in [0.15, 0.2) is 5.82 Å². The van der Waals surface area contributed by atoms with Crippen LogP contribution in [-0.4, -0.2) is 63.1 Å². The maximum absolute atomic E-state index is 14.5. The molecule has 0 aliphatic rings. The monoisotopic (exact) mass is 761 g/mol. The van der Waals surface area contributed by atoms with E-state index in [1.807, 2.05) is 0 Å². The number of nitrogens with one attached hydrogen (secondary N) is 3. The van der Waals surface area contributed by atoms with Gasteiger partial charge in [-0.25, -0.2) is 27.2 Å². The van der Waals surface area contributed by atoms with Crippen molar-refractivity contribution in [3.63, 3.8) is 0 Å². The fraction of sp³-hybridized carbons (Fsp3) is 0.243. The van der Waals surface area contributed by atoms with E-state index >= 15 is 0 Å². The molecule has 1 amide bonds. The third kappa shape index (κ3) is 8.57. The fourth-order valence-electron chi connectivity index (χ4n) is 5.98. The summed E-state index contributed by atoms with van der Waals surface area (Å²) in [4.78, 5) is 26.4. The second kappa shape index (κ2) is 14.5. The number of amides is 1. The Balaban J connectivity index is 1.53. The molecule has 1 atom stereocenters. The van der Waals surface area contributed by atoms with Crippen LogP contribution < -0.4 is 14.8 Å². The van der Waals surface area contributed by atoms with Crippen LogP contribution in [-0.2, 0) is 34.7 Å². The highest BCUT2D eigenvalue weighted by Gasteiger charge is 2.26. The second-order valence-corrected chi connectivity index (χ2v) is 15.1. The summed E-state index contributed by atoms with van der Waals surface area (Å²) in [5.74, 6) is 3.90. The van der Waals surface area contributed by atoms with Gasteiger partial charge >= 0.3 is 0 Å². The molecule has 4 heterocycles. The zero-order valence-corrected chi connectivity index (χ0v) is 30.7. The van der Waals surface area contributed by atoms with E-state index in [2.05, 4.69) is 36.9 Å². The minimum atomic E-state index is -3.74. The predicted octanol–water partition coefficient (Wildman–Crippen LogP) is 5.59. The minimum Gasteiger partial charge on any atom is -0.481 e. The maximum atomic E-state index is 14.5. The van der Waals surface area contributed by atoms with Crippen molar-refractivity contribution in [2.45, 2.75) is 38.3 Å². The van der Waals surface area contributed by atoms with Crippen molar-refractivity contribution in [3.8, 4) is 28.8 Å². The number of fused-ring (bicyclic) bond motifs is 2. The first-order valence-corrected chi connectivity index (χ1v) is 18.4. The lowest BCUT2D eigenvalue weighted by Gasteiger charge is -2.22. The fourth-order valence-corrected chi connectivity index (χ4v) is 6.72. The highest BCUT2D eigenvalue weighted by Crippen LogP contribution is 2.40. The molecule has 0 aliphatic carbocycles. The number of H-pyrrole nitrogens is 1. The summed E-state index contributed by atoms with van der Waals surface area (Å²) < 4.78 is 62.6. The number of anilines is 1. The largest absolute Gasteiger partial charge is 0.481 e. The topological polar surface area (TPSA) is 164 Å². The van der Waals surface area contributed by atoms with Gasteiger partial charge in [0.05, 0.1) is 58.5 Å². The molecule has 1 unspecified atom stereocenters. The van der Waals surface area contributed by atoms with Crippen LogP contribution in [0, 0.1) is 23.5 Å². The molecule has 0 aliphatic heterocycles. The second-order valence-electron chi connectivity index (χ2n) is 12.9. The third-order valence-corrected chi connectivity index (χ3v) is 8.97. The van der Waals surface area contributed by atoms with E-state index in [1.165, 1.54) is 37.8 Å². The molecule has 2 aromatic carbocycles. The van der Waals surface area contributed by atoms with Gasteiger partial charge in [0.2, 0.25) is 21.8 Å². The van der Waals surface area contributed by atoms with E-state index in [0.29, 0.717) is 44.5 Å². The molecular weight excluding hydrogens is 728 g/mol. The lowest BCUT2D eigenvalue weighted by molar-refractivity contribution is -0.121. The number of carbonyl (C=O) groups excluding carboxylic acids is 1. The zero-order chi connectivity index (χ0) is 38.2. The van der Waals surface area contributed by atoms with Gasteiger partial charge in [0.1, 0.15) is 22.9 Å². The molecule has 6 rings (SSSR count). The highest BCUT2D eigenvalue weighted by atomic mass is 35.5. The number of benzene rings is 2. The summed E-state index contributed by atoms with van der Waals surface area (Å²) in [5, 5.41) is 18.3. The van der Waals surface area contributed by atoms with Crippen molar-refractivity contribution in [2.24, 2.45) is 7.05 Å². The Labute approximate surface area is 308 Å². The summed E-state index contributed by atoms with van der Waals surface area (Å²) in [6.45, 7) is 3.03. The Morgan fingerprint density at radius 1 is 1.09 bits per heavy atom. The summed E-state index contributed by atoms with van der Waals surface area (Å²) in [5.41, 5.74) is 2.55. The maximum Gasteiger partial charge on any atom is 0.231 e. The van der Waals surface area contributed by atoms with Crippen LogP contribution in [0.4, 0.5) is 14.6 Å². The van der Waals surface area contributed by atoms with E-state index in [-0.39, 0.29) is 40.6 Å². The van der Waals surface area contributed by atoms with E-state index in [0.717, 1.165) is 12.3 Å². The number of rotatable bonds is 10. The number of methoxy groups -OCH3 is 1. The van der Waals surface area contributed by atoms with E-state index in [1.54, 1.807) is 49.6 Å². The first-order valence-electron chi connectivity index (χ1n) is 16.1.